The summed E-state index contributed by atoms with van der Waals surface area (Å²) in [6.45, 7) is 10.1. The largest absolute Gasteiger partial charge is 0.386 e. The van der Waals surface area contributed by atoms with E-state index in [-0.39, 0.29) is 0 Å². The molecule has 1 saturated carbocycles. The highest BCUT2D eigenvalue weighted by Gasteiger charge is 2.47. The fraction of sp³-hybridized carbons (Fsp3) is 0.833. The van der Waals surface area contributed by atoms with Gasteiger partial charge in [-0.2, -0.15) is 0 Å². The number of hydrogen-bond acceptors (Lipinski definition) is 1. The second-order valence-corrected chi connectivity index (χ2v) is 5.01. The quantitative estimate of drug-likeness (QED) is 0.648. The molecule has 0 spiro atoms. The molecule has 1 aliphatic rings. The van der Waals surface area contributed by atoms with E-state index in [0.717, 1.165) is 18.8 Å². The third-order valence-electron chi connectivity index (χ3n) is 3.78. The van der Waals surface area contributed by atoms with Gasteiger partial charge in [-0.05, 0) is 37.5 Å². The molecule has 3 atom stereocenters. The fourth-order valence-electron chi connectivity index (χ4n) is 1.96. The van der Waals surface area contributed by atoms with Gasteiger partial charge in [0.05, 0.1) is 5.60 Å². The van der Waals surface area contributed by atoms with Gasteiger partial charge in [0.25, 0.3) is 0 Å². The molecule has 0 aromatic carbocycles. The number of hydrogen-bond donors (Lipinski definition) is 1. The second kappa shape index (κ2) is 3.45. The molecule has 1 rings (SSSR count). The molecule has 0 heterocycles. The third kappa shape index (κ3) is 2.57. The number of rotatable bonds is 5. The summed E-state index contributed by atoms with van der Waals surface area (Å²) in [5.41, 5.74) is -0.0749. The molecule has 0 aliphatic heterocycles. The van der Waals surface area contributed by atoms with Crippen LogP contribution < -0.4 is 0 Å². The summed E-state index contributed by atoms with van der Waals surface area (Å²) in [6.07, 6.45) is 6.27. The van der Waals surface area contributed by atoms with Gasteiger partial charge in [-0.15, -0.1) is 6.58 Å². The van der Waals surface area contributed by atoms with Crippen LogP contribution in [0.1, 0.15) is 46.5 Å². The van der Waals surface area contributed by atoms with Crippen molar-refractivity contribution in [3.8, 4) is 0 Å². The zero-order chi connectivity index (χ0) is 10.1. The Hall–Kier alpha value is -0.300. The fourth-order valence-corrected chi connectivity index (χ4v) is 1.96. The van der Waals surface area contributed by atoms with Crippen molar-refractivity contribution >= 4 is 0 Å². The molecule has 3 unspecified atom stereocenters. The van der Waals surface area contributed by atoms with Gasteiger partial charge < -0.3 is 5.11 Å². The summed E-state index contributed by atoms with van der Waals surface area (Å²) in [5.74, 6) is 0.837. The van der Waals surface area contributed by atoms with Crippen molar-refractivity contribution in [3.05, 3.63) is 12.7 Å². The van der Waals surface area contributed by atoms with Gasteiger partial charge in [-0.1, -0.05) is 26.3 Å². The molecule has 0 radical (unpaired) electrons. The van der Waals surface area contributed by atoms with Gasteiger partial charge in [0.2, 0.25) is 0 Å². The van der Waals surface area contributed by atoms with E-state index in [0.29, 0.717) is 5.41 Å². The Balaban J connectivity index is 2.26. The van der Waals surface area contributed by atoms with Crippen LogP contribution >= 0.6 is 0 Å². The van der Waals surface area contributed by atoms with Gasteiger partial charge in [-0.3, -0.25) is 0 Å². The molecule has 13 heavy (non-hydrogen) atoms. The number of aliphatic hydroxyl groups is 1. The lowest BCUT2D eigenvalue weighted by atomic mass is 9.94. The summed E-state index contributed by atoms with van der Waals surface area (Å²) in [4.78, 5) is 0. The van der Waals surface area contributed by atoms with Crippen LogP contribution in [-0.4, -0.2) is 10.7 Å². The molecule has 1 aliphatic carbocycles. The highest BCUT2D eigenvalue weighted by Crippen LogP contribution is 2.57. The van der Waals surface area contributed by atoms with Crippen LogP contribution in [0.15, 0.2) is 12.7 Å². The second-order valence-electron chi connectivity index (χ2n) is 5.01. The first-order valence-electron chi connectivity index (χ1n) is 5.29. The molecule has 76 valence electrons. The van der Waals surface area contributed by atoms with E-state index in [4.69, 9.17) is 0 Å². The van der Waals surface area contributed by atoms with Crippen molar-refractivity contribution in [1.29, 1.82) is 0 Å². The van der Waals surface area contributed by atoms with Crippen LogP contribution in [0, 0.1) is 11.3 Å². The van der Waals surface area contributed by atoms with Crippen molar-refractivity contribution in [2.45, 2.75) is 52.1 Å². The van der Waals surface area contributed by atoms with E-state index in [9.17, 15) is 5.11 Å². The first-order chi connectivity index (χ1) is 5.93. The highest BCUT2D eigenvalue weighted by atomic mass is 16.3. The Morgan fingerprint density at radius 1 is 1.69 bits per heavy atom. The van der Waals surface area contributed by atoms with Crippen LogP contribution in [0.2, 0.25) is 0 Å². The summed E-state index contributed by atoms with van der Waals surface area (Å²) in [6, 6.07) is 0. The molecule has 0 amide bonds. The van der Waals surface area contributed by atoms with E-state index in [1.807, 2.05) is 6.92 Å². The van der Waals surface area contributed by atoms with Crippen molar-refractivity contribution in [2.24, 2.45) is 11.3 Å². The zero-order valence-corrected chi connectivity index (χ0v) is 9.14. The van der Waals surface area contributed by atoms with Crippen molar-refractivity contribution in [3.63, 3.8) is 0 Å². The predicted octanol–water partition coefficient (Wildman–Crippen LogP) is 3.14. The van der Waals surface area contributed by atoms with E-state index in [2.05, 4.69) is 20.4 Å². The summed E-state index contributed by atoms with van der Waals surface area (Å²) in [7, 11) is 0. The average molecular weight is 182 g/mol. The summed E-state index contributed by atoms with van der Waals surface area (Å²) >= 11 is 0. The Bertz CT molecular complexity index is 195. The van der Waals surface area contributed by atoms with Crippen LogP contribution in [0.3, 0.4) is 0 Å². The molecular formula is C12H22O. The van der Waals surface area contributed by atoms with Gasteiger partial charge in [-0.25, -0.2) is 0 Å². The topological polar surface area (TPSA) is 20.2 Å². The minimum absolute atomic E-state index is 0.581. The maximum Gasteiger partial charge on any atom is 0.0797 e. The first-order valence-corrected chi connectivity index (χ1v) is 5.29. The molecule has 0 aromatic rings. The minimum atomic E-state index is -0.656. The van der Waals surface area contributed by atoms with E-state index in [1.54, 1.807) is 6.08 Å². The first kappa shape index (κ1) is 10.8. The van der Waals surface area contributed by atoms with Crippen LogP contribution in [-0.2, 0) is 0 Å². The molecule has 1 heteroatoms. The van der Waals surface area contributed by atoms with Gasteiger partial charge >= 0.3 is 0 Å². The molecule has 0 bridgehead atoms. The van der Waals surface area contributed by atoms with Crippen LogP contribution in [0.5, 0.6) is 0 Å². The maximum atomic E-state index is 9.72. The molecule has 1 fully saturated rings. The molecule has 0 aromatic heterocycles. The monoisotopic (exact) mass is 182 g/mol. The van der Waals surface area contributed by atoms with E-state index in [1.165, 1.54) is 12.8 Å². The summed E-state index contributed by atoms with van der Waals surface area (Å²) in [5, 5.41) is 9.72. The smallest absolute Gasteiger partial charge is 0.0797 e. The predicted molar refractivity (Wildman–Crippen MR) is 56.6 cm³/mol. The van der Waals surface area contributed by atoms with E-state index >= 15 is 0 Å². The highest BCUT2D eigenvalue weighted by molar-refractivity contribution is 5.00. The molecular weight excluding hydrogens is 160 g/mol. The maximum absolute atomic E-state index is 9.72. The van der Waals surface area contributed by atoms with Crippen LogP contribution in [0.4, 0.5) is 0 Å². The van der Waals surface area contributed by atoms with Gasteiger partial charge in [0, 0.05) is 0 Å². The molecule has 1 N–H and O–H groups in total. The SMILES string of the molecule is C=CC(C)(O)CCC1CC1(C)CC. The van der Waals surface area contributed by atoms with E-state index < -0.39 is 5.60 Å². The Kier molecular flexibility index (Phi) is 2.86. The molecule has 0 saturated heterocycles. The summed E-state index contributed by atoms with van der Waals surface area (Å²) < 4.78 is 0. The lowest BCUT2D eigenvalue weighted by Crippen LogP contribution is -2.20. The van der Waals surface area contributed by atoms with Gasteiger partial charge in [0.1, 0.15) is 0 Å². The standard InChI is InChI=1S/C12H22O/c1-5-11(3)9-10(11)7-8-12(4,13)6-2/h6,10,13H,2,5,7-9H2,1,3-4H3. The average Bonchev–Trinajstić information content (AvgIpc) is 2.75. The Labute approximate surface area is 81.9 Å². The third-order valence-corrected chi connectivity index (χ3v) is 3.78. The van der Waals surface area contributed by atoms with Crippen molar-refractivity contribution in [1.82, 2.24) is 0 Å². The molecule has 1 nitrogen and oxygen atoms in total. The lowest BCUT2D eigenvalue weighted by molar-refractivity contribution is 0.0964. The zero-order valence-electron chi connectivity index (χ0n) is 9.14. The Morgan fingerprint density at radius 2 is 2.31 bits per heavy atom. The lowest BCUT2D eigenvalue weighted by Gasteiger charge is -2.18. The normalized spacial score (nSPS) is 36.8. The van der Waals surface area contributed by atoms with Crippen molar-refractivity contribution < 1.29 is 5.11 Å². The van der Waals surface area contributed by atoms with Crippen molar-refractivity contribution in [2.75, 3.05) is 0 Å². The van der Waals surface area contributed by atoms with Gasteiger partial charge in [0.15, 0.2) is 0 Å². The minimum Gasteiger partial charge on any atom is -0.386 e. The van der Waals surface area contributed by atoms with Crippen LogP contribution in [0.25, 0.3) is 0 Å². The Morgan fingerprint density at radius 3 is 2.69 bits per heavy atom.